The maximum absolute atomic E-state index is 13.6. The van der Waals surface area contributed by atoms with E-state index >= 15 is 0 Å². The minimum absolute atomic E-state index is 0.176. The summed E-state index contributed by atoms with van der Waals surface area (Å²) in [6.45, 7) is 5.84. The minimum atomic E-state index is -0.478. The van der Waals surface area contributed by atoms with Gasteiger partial charge in [-0.05, 0) is 37.3 Å². The molecule has 1 aliphatic heterocycles. The summed E-state index contributed by atoms with van der Waals surface area (Å²) >= 11 is 6.57. The van der Waals surface area contributed by atoms with Crippen LogP contribution in [0.25, 0.3) is 17.4 Å². The van der Waals surface area contributed by atoms with Gasteiger partial charge < -0.3 is 5.32 Å². The fourth-order valence-electron chi connectivity index (χ4n) is 4.14. The van der Waals surface area contributed by atoms with Crippen LogP contribution in [0.5, 0.6) is 0 Å². The predicted molar refractivity (Wildman–Crippen MR) is 152 cm³/mol. The van der Waals surface area contributed by atoms with Crippen LogP contribution in [0.1, 0.15) is 11.3 Å². The van der Waals surface area contributed by atoms with Gasteiger partial charge in [-0.3, -0.25) is 28.4 Å². The summed E-state index contributed by atoms with van der Waals surface area (Å²) in [5.41, 5.74) is 1.37. The summed E-state index contributed by atoms with van der Waals surface area (Å²) in [4.78, 5) is 46.5. The molecule has 0 saturated carbocycles. The lowest BCUT2D eigenvalue weighted by atomic mass is 10.2. The Morgan fingerprint density at radius 2 is 1.81 bits per heavy atom. The molecule has 186 valence electrons. The number of hydrogen-bond donors (Lipinski definition) is 1. The number of thiocarbonyl (C=S) groups is 1. The van der Waals surface area contributed by atoms with Crippen molar-refractivity contribution in [2.24, 2.45) is 7.05 Å². The average molecular weight is 531 g/mol. The lowest BCUT2D eigenvalue weighted by molar-refractivity contribution is -0.113. The van der Waals surface area contributed by atoms with Crippen molar-refractivity contribution in [1.29, 1.82) is 0 Å². The molecule has 5 rings (SSSR count). The van der Waals surface area contributed by atoms with E-state index in [-0.39, 0.29) is 31.6 Å². The van der Waals surface area contributed by atoms with E-state index in [1.54, 1.807) is 49.1 Å². The standard InChI is InChI=1S/C26H22N6O3S2/c1-4-13-27-22-18(23(33)30-14-9-8-12-20(30)28-22)15-19-24(34)31(26(36)37-19)21-16(2)29(3)32(25(21)35)17-10-6-5-7-11-17/h4-12,14-15,27H,1,13H2,2-3H3/b19-15+. The summed E-state index contributed by atoms with van der Waals surface area (Å²) in [7, 11) is 1.75. The maximum Gasteiger partial charge on any atom is 0.296 e. The summed E-state index contributed by atoms with van der Waals surface area (Å²) in [5.74, 6) is -0.156. The Hall–Kier alpha value is -4.22. The molecule has 1 saturated heterocycles. The van der Waals surface area contributed by atoms with Gasteiger partial charge in [0.25, 0.3) is 17.0 Å². The number of carbonyl (C=O) groups is 1. The van der Waals surface area contributed by atoms with Crippen molar-refractivity contribution in [3.8, 4) is 5.69 Å². The Balaban J connectivity index is 1.62. The summed E-state index contributed by atoms with van der Waals surface area (Å²) in [6, 6.07) is 14.4. The molecule has 1 aliphatic rings. The number of carbonyl (C=O) groups excluding carboxylic acids is 1. The van der Waals surface area contributed by atoms with Gasteiger partial charge in [-0.2, -0.15) is 0 Å². The number of benzene rings is 1. The molecule has 11 heteroatoms. The molecule has 4 aromatic rings. The highest BCUT2D eigenvalue weighted by molar-refractivity contribution is 8.27. The molecule has 1 aromatic carbocycles. The maximum atomic E-state index is 13.6. The van der Waals surface area contributed by atoms with Gasteiger partial charge >= 0.3 is 0 Å². The molecule has 0 aliphatic carbocycles. The third-order valence-electron chi connectivity index (χ3n) is 6.00. The molecule has 0 radical (unpaired) electrons. The quantitative estimate of drug-likeness (QED) is 0.232. The van der Waals surface area contributed by atoms with Crippen molar-refractivity contribution in [2.75, 3.05) is 16.8 Å². The van der Waals surface area contributed by atoms with E-state index in [9.17, 15) is 14.4 Å². The molecule has 1 amide bonds. The van der Waals surface area contributed by atoms with Crippen LogP contribution in [0.2, 0.25) is 0 Å². The molecule has 0 atom stereocenters. The van der Waals surface area contributed by atoms with E-state index in [1.807, 2.05) is 30.3 Å². The number of amides is 1. The Bertz CT molecular complexity index is 1730. The molecule has 9 nitrogen and oxygen atoms in total. The second-order valence-corrected chi connectivity index (χ2v) is 9.88. The van der Waals surface area contributed by atoms with Crippen molar-refractivity contribution < 1.29 is 4.79 Å². The molecule has 1 fully saturated rings. The van der Waals surface area contributed by atoms with E-state index in [0.29, 0.717) is 29.4 Å². The summed E-state index contributed by atoms with van der Waals surface area (Å²) in [5, 5.41) is 3.08. The number of pyridine rings is 1. The number of fused-ring (bicyclic) bond motifs is 1. The Morgan fingerprint density at radius 1 is 1.08 bits per heavy atom. The largest absolute Gasteiger partial charge is 0.366 e. The number of hydrogen-bond acceptors (Lipinski definition) is 7. The average Bonchev–Trinajstić information content (AvgIpc) is 3.29. The molecule has 3 aromatic heterocycles. The van der Waals surface area contributed by atoms with Crippen LogP contribution < -0.4 is 21.3 Å². The predicted octanol–water partition coefficient (Wildman–Crippen LogP) is 3.50. The van der Waals surface area contributed by atoms with Gasteiger partial charge in [0.2, 0.25) is 0 Å². The fraction of sp³-hybridized carbons (Fsp3) is 0.115. The van der Waals surface area contributed by atoms with E-state index < -0.39 is 5.91 Å². The van der Waals surface area contributed by atoms with Crippen molar-refractivity contribution in [1.82, 2.24) is 18.7 Å². The smallest absolute Gasteiger partial charge is 0.296 e. The van der Waals surface area contributed by atoms with Crippen LogP contribution >= 0.6 is 24.0 Å². The highest BCUT2D eigenvalue weighted by atomic mass is 32.2. The van der Waals surface area contributed by atoms with E-state index in [4.69, 9.17) is 12.2 Å². The zero-order valence-corrected chi connectivity index (χ0v) is 21.7. The zero-order chi connectivity index (χ0) is 26.3. The zero-order valence-electron chi connectivity index (χ0n) is 20.0. The molecule has 0 bridgehead atoms. The van der Waals surface area contributed by atoms with Gasteiger partial charge in [-0.1, -0.05) is 54.3 Å². The first kappa shape index (κ1) is 24.5. The third kappa shape index (κ3) is 4.11. The van der Waals surface area contributed by atoms with Gasteiger partial charge in [0.15, 0.2) is 4.32 Å². The van der Waals surface area contributed by atoms with Gasteiger partial charge in [0.1, 0.15) is 17.2 Å². The first-order valence-electron chi connectivity index (χ1n) is 11.3. The number of nitrogens with zero attached hydrogens (tertiary/aromatic N) is 5. The number of para-hydroxylation sites is 1. The molecule has 37 heavy (non-hydrogen) atoms. The molecular weight excluding hydrogens is 508 g/mol. The highest BCUT2D eigenvalue weighted by Crippen LogP contribution is 2.36. The van der Waals surface area contributed by atoms with Gasteiger partial charge in [0, 0.05) is 19.8 Å². The number of rotatable bonds is 6. The minimum Gasteiger partial charge on any atom is -0.366 e. The summed E-state index contributed by atoms with van der Waals surface area (Å²) < 4.78 is 4.79. The first-order chi connectivity index (χ1) is 17.8. The lowest BCUT2D eigenvalue weighted by Gasteiger charge is -2.12. The van der Waals surface area contributed by atoms with Crippen LogP contribution in [0.4, 0.5) is 11.5 Å². The number of anilines is 2. The van der Waals surface area contributed by atoms with Gasteiger partial charge in [-0.15, -0.1) is 6.58 Å². The van der Waals surface area contributed by atoms with Crippen molar-refractivity contribution >= 4 is 57.4 Å². The molecule has 1 N–H and O–H groups in total. The van der Waals surface area contributed by atoms with Crippen molar-refractivity contribution in [3.05, 3.63) is 104 Å². The number of thioether (sulfide) groups is 1. The second-order valence-electron chi connectivity index (χ2n) is 8.20. The highest BCUT2D eigenvalue weighted by Gasteiger charge is 2.38. The van der Waals surface area contributed by atoms with E-state index in [2.05, 4.69) is 16.9 Å². The van der Waals surface area contributed by atoms with Crippen LogP contribution in [0, 0.1) is 6.92 Å². The lowest BCUT2D eigenvalue weighted by Crippen LogP contribution is -2.33. The fourth-order valence-corrected chi connectivity index (χ4v) is 5.39. The van der Waals surface area contributed by atoms with Crippen LogP contribution in [0.15, 0.2) is 81.9 Å². The van der Waals surface area contributed by atoms with Crippen molar-refractivity contribution in [3.63, 3.8) is 0 Å². The number of aromatic nitrogens is 4. The van der Waals surface area contributed by atoms with Crippen LogP contribution in [-0.4, -0.2) is 35.5 Å². The summed E-state index contributed by atoms with van der Waals surface area (Å²) in [6.07, 6.45) is 4.74. The Labute approximate surface area is 221 Å². The molecular formula is C26H22N6O3S2. The monoisotopic (exact) mass is 530 g/mol. The van der Waals surface area contributed by atoms with Gasteiger partial charge in [-0.25, -0.2) is 9.67 Å². The SMILES string of the molecule is C=CCNc1nc2ccccn2c(=O)c1/C=C1/SC(=S)N(c2c(C)n(C)n(-c3ccccc3)c2=O)C1=O. The Kier molecular flexibility index (Phi) is 6.40. The number of nitrogens with one attached hydrogen (secondary N) is 1. The van der Waals surface area contributed by atoms with Crippen LogP contribution in [0.3, 0.4) is 0 Å². The first-order valence-corrected chi connectivity index (χ1v) is 12.5. The third-order valence-corrected chi connectivity index (χ3v) is 7.30. The Morgan fingerprint density at radius 3 is 2.54 bits per heavy atom. The molecule has 4 heterocycles. The molecule has 0 unspecified atom stereocenters. The van der Waals surface area contributed by atoms with E-state index in [1.165, 1.54) is 20.1 Å². The van der Waals surface area contributed by atoms with Crippen LogP contribution in [-0.2, 0) is 11.8 Å². The van der Waals surface area contributed by atoms with Crippen molar-refractivity contribution in [2.45, 2.75) is 6.92 Å². The normalized spacial score (nSPS) is 14.6. The second kappa shape index (κ2) is 9.68. The molecule has 0 spiro atoms. The topological polar surface area (TPSA) is 93.6 Å². The van der Waals surface area contributed by atoms with Gasteiger partial charge in [0.05, 0.1) is 21.8 Å². The van der Waals surface area contributed by atoms with E-state index in [0.717, 1.165) is 11.8 Å².